The highest BCUT2D eigenvalue weighted by Crippen LogP contribution is 2.38. The number of hydrogen-bond donors (Lipinski definition) is 2. The Kier molecular flexibility index (Phi) is 3.59. The van der Waals surface area contributed by atoms with Crippen molar-refractivity contribution in [2.45, 2.75) is 25.7 Å². The van der Waals surface area contributed by atoms with Crippen molar-refractivity contribution in [2.24, 2.45) is 7.05 Å². The predicted molar refractivity (Wildman–Crippen MR) is 80.0 cm³/mol. The minimum absolute atomic E-state index is 0.0606. The summed E-state index contributed by atoms with van der Waals surface area (Å²) in [6.45, 7) is 1.93. The van der Waals surface area contributed by atoms with Crippen molar-refractivity contribution in [3.63, 3.8) is 0 Å². The maximum absolute atomic E-state index is 12.8. The summed E-state index contributed by atoms with van der Waals surface area (Å²) in [5, 5.41) is 12.7. The zero-order valence-corrected chi connectivity index (χ0v) is 12.6. The minimum Gasteiger partial charge on any atom is -0.507 e. The van der Waals surface area contributed by atoms with Gasteiger partial charge in [-0.3, -0.25) is 14.9 Å². The number of carbonyl (C=O) groups is 1. The zero-order valence-electron chi connectivity index (χ0n) is 12.6. The van der Waals surface area contributed by atoms with Crippen LogP contribution in [0.1, 0.15) is 40.9 Å². The maximum Gasteiger partial charge on any atom is 0.267 e. The molecule has 2 heterocycles. The van der Waals surface area contributed by atoms with E-state index in [1.165, 1.54) is 4.57 Å². The summed E-state index contributed by atoms with van der Waals surface area (Å²) in [7, 11) is 1.57. The van der Waals surface area contributed by atoms with Crippen LogP contribution in [0, 0.1) is 5.82 Å². The third kappa shape index (κ3) is 2.45. The van der Waals surface area contributed by atoms with Crippen molar-refractivity contribution in [1.82, 2.24) is 14.5 Å². The standard InChI is InChI=1S/C15H15FN4O3/c1-7-3-4-9-10(7)12(21)11(14(23)20(9)2)13(22)19-15-17-5-8(16)6-18-15/h5-7,21H,3-4H2,1-2H3,(H,17,18,19,22)/t7-/m0/s1. The Morgan fingerprint density at radius 1 is 1.43 bits per heavy atom. The van der Waals surface area contributed by atoms with Crippen LogP contribution in [0.4, 0.5) is 10.3 Å². The van der Waals surface area contributed by atoms with Gasteiger partial charge >= 0.3 is 0 Å². The van der Waals surface area contributed by atoms with Gasteiger partial charge in [0.1, 0.15) is 11.3 Å². The second-order valence-electron chi connectivity index (χ2n) is 5.57. The summed E-state index contributed by atoms with van der Waals surface area (Å²) in [6, 6.07) is 0. The van der Waals surface area contributed by atoms with E-state index in [9.17, 15) is 19.1 Å². The number of carbonyl (C=O) groups excluding carboxylic acids is 1. The normalized spacial score (nSPS) is 16.2. The Labute approximate surface area is 130 Å². The Balaban J connectivity index is 2.04. The first kappa shape index (κ1) is 15.1. The van der Waals surface area contributed by atoms with Gasteiger partial charge in [0, 0.05) is 18.3 Å². The van der Waals surface area contributed by atoms with E-state index >= 15 is 0 Å². The molecule has 1 aliphatic carbocycles. The number of pyridine rings is 1. The molecule has 2 N–H and O–H groups in total. The molecule has 8 heteroatoms. The molecule has 2 aromatic rings. The number of rotatable bonds is 2. The Hall–Kier alpha value is -2.77. The quantitative estimate of drug-likeness (QED) is 0.870. The van der Waals surface area contributed by atoms with Crippen LogP contribution in [0.15, 0.2) is 17.2 Å². The molecule has 0 unspecified atom stereocenters. The lowest BCUT2D eigenvalue weighted by molar-refractivity contribution is 0.102. The highest BCUT2D eigenvalue weighted by atomic mass is 19.1. The Morgan fingerprint density at radius 3 is 2.74 bits per heavy atom. The molecule has 1 aliphatic rings. The summed E-state index contributed by atoms with van der Waals surface area (Å²) >= 11 is 0. The molecular formula is C15H15FN4O3. The van der Waals surface area contributed by atoms with Crippen LogP contribution in [0.2, 0.25) is 0 Å². The molecule has 0 radical (unpaired) electrons. The van der Waals surface area contributed by atoms with E-state index in [0.717, 1.165) is 24.5 Å². The number of hydrogen-bond acceptors (Lipinski definition) is 5. The first-order valence-corrected chi connectivity index (χ1v) is 7.13. The van der Waals surface area contributed by atoms with E-state index in [4.69, 9.17) is 0 Å². The van der Waals surface area contributed by atoms with Crippen LogP contribution in [-0.2, 0) is 13.5 Å². The number of aromatic nitrogens is 3. The number of anilines is 1. The topological polar surface area (TPSA) is 97.1 Å². The average Bonchev–Trinajstić information content (AvgIpc) is 2.90. The second-order valence-corrected chi connectivity index (χ2v) is 5.57. The number of nitrogens with zero attached hydrogens (tertiary/aromatic N) is 3. The first-order chi connectivity index (χ1) is 10.9. The molecular weight excluding hydrogens is 303 g/mol. The lowest BCUT2D eigenvalue weighted by atomic mass is 10.0. The monoisotopic (exact) mass is 318 g/mol. The van der Waals surface area contributed by atoms with Gasteiger partial charge in [-0.1, -0.05) is 6.92 Å². The van der Waals surface area contributed by atoms with Crippen LogP contribution < -0.4 is 10.9 Å². The lowest BCUT2D eigenvalue weighted by Gasteiger charge is -2.14. The summed E-state index contributed by atoms with van der Waals surface area (Å²) in [5.74, 6) is -1.85. The molecule has 0 saturated carbocycles. The zero-order chi connectivity index (χ0) is 16.7. The number of fused-ring (bicyclic) bond motifs is 1. The third-order valence-corrected chi connectivity index (χ3v) is 4.11. The summed E-state index contributed by atoms with van der Waals surface area (Å²) in [4.78, 5) is 31.9. The predicted octanol–water partition coefficient (Wildman–Crippen LogP) is 1.32. The number of halogens is 1. The van der Waals surface area contributed by atoms with E-state index in [0.29, 0.717) is 12.0 Å². The molecule has 0 saturated heterocycles. The number of nitrogens with one attached hydrogen (secondary N) is 1. The van der Waals surface area contributed by atoms with Gasteiger partial charge in [0.25, 0.3) is 11.5 Å². The van der Waals surface area contributed by atoms with Gasteiger partial charge < -0.3 is 9.67 Å². The largest absolute Gasteiger partial charge is 0.507 e. The fourth-order valence-electron chi connectivity index (χ4n) is 2.91. The van der Waals surface area contributed by atoms with Crippen LogP contribution in [0.25, 0.3) is 0 Å². The minimum atomic E-state index is -0.823. The van der Waals surface area contributed by atoms with Crippen molar-refractivity contribution >= 4 is 11.9 Å². The summed E-state index contributed by atoms with van der Waals surface area (Å²) in [5.41, 5.74) is 0.426. The molecule has 2 aromatic heterocycles. The molecule has 0 spiro atoms. The summed E-state index contributed by atoms with van der Waals surface area (Å²) in [6.07, 6.45) is 3.28. The van der Waals surface area contributed by atoms with Crippen molar-refractivity contribution in [1.29, 1.82) is 0 Å². The average molecular weight is 318 g/mol. The molecule has 23 heavy (non-hydrogen) atoms. The van der Waals surface area contributed by atoms with Crippen LogP contribution in [0.5, 0.6) is 5.75 Å². The second kappa shape index (κ2) is 5.45. The van der Waals surface area contributed by atoms with E-state index in [1.807, 2.05) is 6.92 Å². The molecule has 1 amide bonds. The van der Waals surface area contributed by atoms with Crippen LogP contribution >= 0.6 is 0 Å². The van der Waals surface area contributed by atoms with E-state index < -0.39 is 17.3 Å². The fraction of sp³-hybridized carbons (Fsp3) is 0.333. The van der Waals surface area contributed by atoms with Crippen LogP contribution in [0.3, 0.4) is 0 Å². The molecule has 120 valence electrons. The highest BCUT2D eigenvalue weighted by molar-refractivity contribution is 6.05. The first-order valence-electron chi connectivity index (χ1n) is 7.13. The Morgan fingerprint density at radius 2 is 2.09 bits per heavy atom. The van der Waals surface area contributed by atoms with Gasteiger partial charge in [0.2, 0.25) is 5.95 Å². The molecule has 0 bridgehead atoms. The lowest BCUT2D eigenvalue weighted by Crippen LogP contribution is -2.30. The number of amides is 1. The fourth-order valence-corrected chi connectivity index (χ4v) is 2.91. The molecule has 0 aromatic carbocycles. The van der Waals surface area contributed by atoms with E-state index in [1.54, 1.807) is 7.05 Å². The van der Waals surface area contributed by atoms with Gasteiger partial charge in [-0.2, -0.15) is 0 Å². The van der Waals surface area contributed by atoms with Gasteiger partial charge in [-0.15, -0.1) is 0 Å². The van der Waals surface area contributed by atoms with Crippen molar-refractivity contribution in [3.05, 3.63) is 45.4 Å². The summed E-state index contributed by atoms with van der Waals surface area (Å²) < 4.78 is 14.2. The third-order valence-electron chi connectivity index (χ3n) is 4.11. The van der Waals surface area contributed by atoms with E-state index in [2.05, 4.69) is 15.3 Å². The van der Waals surface area contributed by atoms with Gasteiger partial charge in [0.05, 0.1) is 12.4 Å². The number of aromatic hydroxyl groups is 1. The van der Waals surface area contributed by atoms with Crippen molar-refractivity contribution < 1.29 is 14.3 Å². The van der Waals surface area contributed by atoms with Crippen LogP contribution in [-0.4, -0.2) is 25.5 Å². The molecule has 7 nitrogen and oxygen atoms in total. The van der Waals surface area contributed by atoms with Gasteiger partial charge in [-0.25, -0.2) is 14.4 Å². The molecule has 1 atom stereocenters. The van der Waals surface area contributed by atoms with Gasteiger partial charge in [0.15, 0.2) is 5.82 Å². The van der Waals surface area contributed by atoms with Crippen molar-refractivity contribution in [2.75, 3.05) is 5.32 Å². The molecule has 0 fully saturated rings. The van der Waals surface area contributed by atoms with E-state index in [-0.39, 0.29) is 23.2 Å². The smallest absolute Gasteiger partial charge is 0.267 e. The maximum atomic E-state index is 12.8. The highest BCUT2D eigenvalue weighted by Gasteiger charge is 2.31. The Bertz CT molecular complexity index is 845. The molecule has 0 aliphatic heterocycles. The van der Waals surface area contributed by atoms with Crippen molar-refractivity contribution in [3.8, 4) is 5.75 Å². The van der Waals surface area contributed by atoms with Gasteiger partial charge in [-0.05, 0) is 18.8 Å². The molecule has 3 rings (SSSR count). The SMILES string of the molecule is C[C@H]1CCc2c1c(O)c(C(=O)Nc1ncc(F)cn1)c(=O)n2C.